The van der Waals surface area contributed by atoms with Crippen molar-refractivity contribution in [1.82, 2.24) is 4.98 Å². The fourth-order valence-corrected chi connectivity index (χ4v) is 2.12. The lowest BCUT2D eigenvalue weighted by Gasteiger charge is -2.18. The van der Waals surface area contributed by atoms with E-state index in [0.717, 1.165) is 0 Å². The summed E-state index contributed by atoms with van der Waals surface area (Å²) in [5.74, 6) is -1.68. The Labute approximate surface area is 126 Å². The second-order valence-electron chi connectivity index (χ2n) is 3.97. The molecule has 0 aliphatic heterocycles. The van der Waals surface area contributed by atoms with E-state index in [-0.39, 0.29) is 20.3 Å². The Kier molecular flexibility index (Phi) is 3.77. The third kappa shape index (κ3) is 2.64. The first-order valence-corrected chi connectivity index (χ1v) is 6.10. The van der Waals surface area contributed by atoms with E-state index in [0.29, 0.717) is 0 Å². The number of anilines is 2. The van der Waals surface area contributed by atoms with Crippen LogP contribution in [0.4, 0.5) is 24.9 Å². The van der Waals surface area contributed by atoms with E-state index in [1.807, 2.05) is 0 Å². The number of alkyl halides is 3. The molecule has 0 fully saturated rings. The summed E-state index contributed by atoms with van der Waals surface area (Å²) in [4.78, 5) is 3.07. The van der Waals surface area contributed by atoms with Crippen molar-refractivity contribution in [3.63, 3.8) is 0 Å². The highest BCUT2D eigenvalue weighted by Gasteiger charge is 2.41. The first kappa shape index (κ1) is 15.5. The average Bonchev–Trinajstić information content (AvgIpc) is 2.38. The Hall–Kier alpha value is -1.93. The summed E-state index contributed by atoms with van der Waals surface area (Å²) < 4.78 is 39.2. The molecule has 0 unspecified atom stereocenters. The Morgan fingerprint density at radius 3 is 2.38 bits per heavy atom. The molecule has 4 N–H and O–H groups in total. The van der Waals surface area contributed by atoms with Gasteiger partial charge in [0.15, 0.2) is 0 Å². The van der Waals surface area contributed by atoms with Gasteiger partial charge in [-0.05, 0) is 6.07 Å². The van der Waals surface area contributed by atoms with E-state index in [1.165, 1.54) is 18.2 Å². The molecule has 5 nitrogen and oxygen atoms in total. The van der Waals surface area contributed by atoms with Crippen LogP contribution in [0.1, 0.15) is 5.69 Å². The average molecular weight is 339 g/mol. The van der Waals surface area contributed by atoms with Gasteiger partial charge in [0, 0.05) is 5.56 Å². The fourth-order valence-electron chi connectivity index (χ4n) is 1.73. The number of hydrogen-bond acceptors (Lipinski definition) is 4. The van der Waals surface area contributed by atoms with Gasteiger partial charge in [0.2, 0.25) is 11.5 Å². The third-order valence-corrected chi connectivity index (χ3v) is 3.45. The van der Waals surface area contributed by atoms with Crippen molar-refractivity contribution in [3.05, 3.63) is 39.1 Å². The molecule has 2 rings (SSSR count). The van der Waals surface area contributed by atoms with E-state index in [4.69, 9.17) is 34.7 Å². The summed E-state index contributed by atoms with van der Waals surface area (Å²) in [5, 5.41) is 11.4. The van der Waals surface area contributed by atoms with Crippen molar-refractivity contribution in [2.45, 2.75) is 6.18 Å². The summed E-state index contributed by atoms with van der Waals surface area (Å²) in [6.07, 6.45) is -4.88. The molecule has 0 aliphatic rings. The van der Waals surface area contributed by atoms with Gasteiger partial charge < -0.3 is 16.7 Å². The maximum absolute atomic E-state index is 13.1. The number of hydrogen-bond donors (Lipinski definition) is 2. The molecule has 0 amide bonds. The topological polar surface area (TPSA) is 91.9 Å². The molecule has 0 saturated carbocycles. The van der Waals surface area contributed by atoms with Gasteiger partial charge in [-0.25, -0.2) is 4.73 Å². The van der Waals surface area contributed by atoms with Crippen LogP contribution in [0.5, 0.6) is 0 Å². The lowest BCUT2D eigenvalue weighted by Crippen LogP contribution is -2.37. The van der Waals surface area contributed by atoms with E-state index in [9.17, 15) is 18.4 Å². The van der Waals surface area contributed by atoms with Gasteiger partial charge in [-0.1, -0.05) is 35.3 Å². The molecule has 1 aromatic carbocycles. The van der Waals surface area contributed by atoms with Gasteiger partial charge in [0.25, 0.3) is 0 Å². The van der Waals surface area contributed by atoms with Crippen molar-refractivity contribution in [1.29, 1.82) is 0 Å². The molecule has 0 atom stereocenters. The monoisotopic (exact) mass is 338 g/mol. The summed E-state index contributed by atoms with van der Waals surface area (Å²) in [7, 11) is 0. The normalized spacial score (nSPS) is 11.7. The van der Waals surface area contributed by atoms with Crippen LogP contribution >= 0.6 is 23.2 Å². The van der Waals surface area contributed by atoms with Crippen LogP contribution in [0.15, 0.2) is 18.2 Å². The SMILES string of the molecule is Nc1nc(C(F)(F)F)c(-c2cccc(Cl)c2Cl)c(N)[n+]1[O-]. The number of nitrogens with two attached hydrogens (primary N) is 2. The molecule has 0 spiro atoms. The zero-order valence-corrected chi connectivity index (χ0v) is 11.6. The highest BCUT2D eigenvalue weighted by molar-refractivity contribution is 6.43. The van der Waals surface area contributed by atoms with Crippen LogP contribution in [0, 0.1) is 5.21 Å². The Morgan fingerprint density at radius 2 is 1.81 bits per heavy atom. The van der Waals surface area contributed by atoms with Crippen molar-refractivity contribution in [3.8, 4) is 11.1 Å². The first-order chi connectivity index (χ1) is 9.64. The molecular weight excluding hydrogens is 332 g/mol. The Morgan fingerprint density at radius 1 is 1.19 bits per heavy atom. The summed E-state index contributed by atoms with van der Waals surface area (Å²) in [6.45, 7) is 0. The number of rotatable bonds is 1. The smallest absolute Gasteiger partial charge is 0.446 e. The number of nitrogen functional groups attached to an aromatic ring is 2. The van der Waals surface area contributed by atoms with Gasteiger partial charge in [-0.3, -0.25) is 0 Å². The van der Waals surface area contributed by atoms with Gasteiger partial charge in [-0.2, -0.15) is 13.2 Å². The zero-order valence-electron chi connectivity index (χ0n) is 10.1. The summed E-state index contributed by atoms with van der Waals surface area (Å²) in [5.41, 5.74) is 8.36. The molecule has 0 radical (unpaired) electrons. The Balaban J connectivity index is 2.91. The molecule has 2 aromatic rings. The first-order valence-electron chi connectivity index (χ1n) is 5.34. The number of nitrogens with zero attached hydrogens (tertiary/aromatic N) is 2. The van der Waals surface area contributed by atoms with E-state index < -0.39 is 29.2 Å². The van der Waals surface area contributed by atoms with Crippen LogP contribution in [-0.2, 0) is 6.18 Å². The maximum Gasteiger partial charge on any atom is 0.446 e. The minimum Gasteiger partial charge on any atom is -0.754 e. The molecule has 112 valence electrons. The summed E-state index contributed by atoms with van der Waals surface area (Å²) >= 11 is 11.7. The highest BCUT2D eigenvalue weighted by atomic mass is 35.5. The Bertz CT molecular complexity index is 722. The lowest BCUT2D eigenvalue weighted by molar-refractivity contribution is -0.576. The van der Waals surface area contributed by atoms with Crippen LogP contribution in [0.2, 0.25) is 10.0 Å². The van der Waals surface area contributed by atoms with Crippen molar-refractivity contribution in [2.24, 2.45) is 0 Å². The molecule has 21 heavy (non-hydrogen) atoms. The highest BCUT2D eigenvalue weighted by Crippen LogP contribution is 2.42. The van der Waals surface area contributed by atoms with Crippen molar-refractivity contribution in [2.75, 3.05) is 11.5 Å². The minimum atomic E-state index is -4.88. The molecule has 1 heterocycles. The van der Waals surface area contributed by atoms with Gasteiger partial charge in [0.05, 0.1) is 15.6 Å². The molecule has 0 aliphatic carbocycles. The van der Waals surface area contributed by atoms with Crippen LogP contribution in [-0.4, -0.2) is 4.98 Å². The van der Waals surface area contributed by atoms with Crippen LogP contribution < -0.4 is 16.2 Å². The van der Waals surface area contributed by atoms with E-state index >= 15 is 0 Å². The summed E-state index contributed by atoms with van der Waals surface area (Å²) in [6, 6.07) is 3.99. The second kappa shape index (κ2) is 5.12. The van der Waals surface area contributed by atoms with Gasteiger partial charge >= 0.3 is 12.1 Å². The third-order valence-electron chi connectivity index (χ3n) is 2.64. The predicted octanol–water partition coefficient (Wildman–Crippen LogP) is 2.87. The van der Waals surface area contributed by atoms with Crippen molar-refractivity contribution < 1.29 is 17.9 Å². The molecule has 1 aromatic heterocycles. The van der Waals surface area contributed by atoms with Crippen LogP contribution in [0.25, 0.3) is 11.1 Å². The largest absolute Gasteiger partial charge is 0.754 e. The second-order valence-corrected chi connectivity index (χ2v) is 4.76. The molecule has 0 bridgehead atoms. The number of aromatic nitrogens is 2. The predicted molar refractivity (Wildman–Crippen MR) is 72.5 cm³/mol. The molecular formula is C11H7Cl2F3N4O. The van der Waals surface area contributed by atoms with Gasteiger partial charge in [-0.15, -0.1) is 4.98 Å². The lowest BCUT2D eigenvalue weighted by atomic mass is 10.0. The number of benzene rings is 1. The molecule has 10 heteroatoms. The van der Waals surface area contributed by atoms with E-state index in [2.05, 4.69) is 4.98 Å². The fraction of sp³-hybridized carbons (Fsp3) is 0.0909. The number of halogens is 5. The zero-order chi connectivity index (χ0) is 15.9. The van der Waals surface area contributed by atoms with Crippen LogP contribution in [0.3, 0.4) is 0 Å². The van der Waals surface area contributed by atoms with Gasteiger partial charge in [0.1, 0.15) is 0 Å². The standard InChI is InChI=1S/C11H7Cl2F3N4O/c12-5-3-1-2-4(7(5)13)6-8(11(14,15)16)19-10(18)20(21)9(6)17/h1-3H,17H2,(H2,18,19). The van der Waals surface area contributed by atoms with Crippen molar-refractivity contribution >= 4 is 35.0 Å². The quantitative estimate of drug-likeness (QED) is 0.617. The molecule has 0 saturated heterocycles. The van der Waals surface area contributed by atoms with E-state index in [1.54, 1.807) is 0 Å². The maximum atomic E-state index is 13.1. The minimum absolute atomic E-state index is 0.0102.